The molecule has 0 saturated carbocycles. The fraction of sp³-hybridized carbons (Fsp3) is 0.381. The molecular weight excluding hydrogens is 363 g/mol. The lowest BCUT2D eigenvalue weighted by molar-refractivity contribution is 0.0601. The van der Waals surface area contributed by atoms with Crippen LogP contribution in [0.4, 0.5) is 10.1 Å². The predicted octanol–water partition coefficient (Wildman–Crippen LogP) is 4.13. The average Bonchev–Trinajstić information content (AvgIpc) is 3.06. The van der Waals surface area contributed by atoms with Gasteiger partial charge in [0.1, 0.15) is 5.82 Å². The van der Waals surface area contributed by atoms with E-state index >= 15 is 0 Å². The first-order chi connectivity index (χ1) is 13.0. The summed E-state index contributed by atoms with van der Waals surface area (Å²) < 4.78 is 18.2. The summed E-state index contributed by atoms with van der Waals surface area (Å²) in [5.74, 6) is -0.709. The van der Waals surface area contributed by atoms with Crippen molar-refractivity contribution in [3.05, 3.63) is 53.8 Å². The fourth-order valence-corrected chi connectivity index (χ4v) is 4.28. The van der Waals surface area contributed by atoms with E-state index in [0.717, 1.165) is 36.3 Å². The van der Waals surface area contributed by atoms with E-state index in [1.54, 1.807) is 18.2 Å². The normalized spacial score (nSPS) is 19.9. The second-order valence-electron chi connectivity index (χ2n) is 6.83. The maximum atomic E-state index is 13.3. The lowest BCUT2D eigenvalue weighted by atomic mass is 9.98. The van der Waals surface area contributed by atoms with Crippen LogP contribution in [0.5, 0.6) is 0 Å². The Morgan fingerprint density at radius 3 is 2.67 bits per heavy atom. The van der Waals surface area contributed by atoms with E-state index in [2.05, 4.69) is 23.5 Å². The van der Waals surface area contributed by atoms with Crippen molar-refractivity contribution in [1.29, 1.82) is 0 Å². The second kappa shape index (κ2) is 8.76. The van der Waals surface area contributed by atoms with Crippen LogP contribution in [0.1, 0.15) is 16.8 Å². The van der Waals surface area contributed by atoms with Gasteiger partial charge >= 0.3 is 5.97 Å². The van der Waals surface area contributed by atoms with Gasteiger partial charge in [0.2, 0.25) is 0 Å². The number of nitrogens with zero attached hydrogens (tertiary/aromatic N) is 1. The first-order valence-corrected chi connectivity index (χ1v) is 10.3. The standard InChI is InChI=1S/C21H25FN2O2S/c1-24-13-18(27-3)11-17(24)12-23-16-8-9-19(21(25)26-2)20(10-16)14-4-6-15(22)7-5-14/h4-10,17-18,23H,11-13H2,1-3H3. The van der Waals surface area contributed by atoms with E-state index in [1.165, 1.54) is 19.2 Å². The SMILES string of the molecule is COC(=O)c1ccc(NCC2CC(SC)CN2C)cc1-c1ccc(F)cc1. The number of thioether (sulfide) groups is 1. The molecule has 4 nitrogen and oxygen atoms in total. The topological polar surface area (TPSA) is 41.6 Å². The first-order valence-electron chi connectivity index (χ1n) is 8.97. The maximum Gasteiger partial charge on any atom is 0.338 e. The number of hydrogen-bond donors (Lipinski definition) is 1. The molecule has 2 atom stereocenters. The molecule has 3 rings (SSSR count). The molecule has 0 bridgehead atoms. The van der Waals surface area contributed by atoms with Crippen LogP contribution in [0.15, 0.2) is 42.5 Å². The molecule has 2 aromatic carbocycles. The number of ether oxygens (including phenoxy) is 1. The molecule has 1 saturated heterocycles. The van der Waals surface area contributed by atoms with Crippen LogP contribution in [0, 0.1) is 5.82 Å². The number of likely N-dealkylation sites (N-methyl/N-ethyl adjacent to an activating group) is 1. The Bertz CT molecular complexity index is 797. The van der Waals surface area contributed by atoms with Gasteiger partial charge in [0.05, 0.1) is 12.7 Å². The molecule has 1 aliphatic heterocycles. The van der Waals surface area contributed by atoms with Gasteiger partial charge in [0.25, 0.3) is 0 Å². The van der Waals surface area contributed by atoms with Crippen molar-refractivity contribution in [2.75, 3.05) is 38.8 Å². The van der Waals surface area contributed by atoms with Crippen LogP contribution in [0.2, 0.25) is 0 Å². The third-order valence-corrected chi connectivity index (χ3v) is 6.11. The third-order valence-electron chi connectivity index (χ3n) is 5.11. The number of esters is 1. The Morgan fingerprint density at radius 1 is 1.30 bits per heavy atom. The van der Waals surface area contributed by atoms with Gasteiger partial charge in [-0.1, -0.05) is 12.1 Å². The highest BCUT2D eigenvalue weighted by Crippen LogP contribution is 2.29. The molecule has 2 aromatic rings. The molecular formula is C21H25FN2O2S. The summed E-state index contributed by atoms with van der Waals surface area (Å²) in [7, 11) is 3.52. The van der Waals surface area contributed by atoms with Gasteiger partial charge in [-0.05, 0) is 61.2 Å². The number of anilines is 1. The highest BCUT2D eigenvalue weighted by molar-refractivity contribution is 7.99. The van der Waals surface area contributed by atoms with Gasteiger partial charge in [-0.25, -0.2) is 9.18 Å². The quantitative estimate of drug-likeness (QED) is 0.754. The zero-order valence-corrected chi connectivity index (χ0v) is 16.7. The van der Waals surface area contributed by atoms with E-state index < -0.39 is 5.97 Å². The van der Waals surface area contributed by atoms with Crippen LogP contribution < -0.4 is 5.32 Å². The summed E-state index contributed by atoms with van der Waals surface area (Å²) in [6, 6.07) is 12.2. The van der Waals surface area contributed by atoms with Gasteiger partial charge < -0.3 is 15.0 Å². The van der Waals surface area contributed by atoms with Crippen molar-refractivity contribution >= 4 is 23.4 Å². The van der Waals surface area contributed by atoms with Crippen LogP contribution in [-0.2, 0) is 4.74 Å². The average molecular weight is 389 g/mol. The summed E-state index contributed by atoms with van der Waals surface area (Å²) in [5, 5.41) is 4.17. The monoisotopic (exact) mass is 388 g/mol. The Kier molecular flexibility index (Phi) is 6.39. The molecule has 27 heavy (non-hydrogen) atoms. The van der Waals surface area contributed by atoms with Crippen molar-refractivity contribution in [2.24, 2.45) is 0 Å². The molecule has 1 fully saturated rings. The fourth-order valence-electron chi connectivity index (χ4n) is 3.48. The van der Waals surface area contributed by atoms with Crippen molar-refractivity contribution in [2.45, 2.75) is 17.7 Å². The number of hydrogen-bond acceptors (Lipinski definition) is 5. The molecule has 144 valence electrons. The molecule has 6 heteroatoms. The minimum absolute atomic E-state index is 0.305. The third kappa shape index (κ3) is 4.62. The van der Waals surface area contributed by atoms with Crippen LogP contribution >= 0.6 is 11.8 Å². The smallest absolute Gasteiger partial charge is 0.338 e. The molecule has 1 N–H and O–H groups in total. The van der Waals surface area contributed by atoms with E-state index in [1.807, 2.05) is 23.9 Å². The van der Waals surface area contributed by atoms with E-state index in [-0.39, 0.29) is 5.82 Å². The van der Waals surface area contributed by atoms with Gasteiger partial charge in [0.15, 0.2) is 0 Å². The highest BCUT2D eigenvalue weighted by atomic mass is 32.2. The summed E-state index contributed by atoms with van der Waals surface area (Å²) in [4.78, 5) is 14.5. The number of carbonyl (C=O) groups is 1. The van der Waals surface area contributed by atoms with Gasteiger partial charge in [-0.2, -0.15) is 11.8 Å². The Hall–Kier alpha value is -2.05. The second-order valence-corrected chi connectivity index (χ2v) is 7.96. The molecule has 1 heterocycles. The van der Waals surface area contributed by atoms with Crippen molar-refractivity contribution in [3.8, 4) is 11.1 Å². The summed E-state index contributed by atoms with van der Waals surface area (Å²) >= 11 is 1.92. The molecule has 0 aromatic heterocycles. The number of rotatable bonds is 6. The lowest BCUT2D eigenvalue weighted by Crippen LogP contribution is -2.31. The van der Waals surface area contributed by atoms with Crippen LogP contribution in [0.25, 0.3) is 11.1 Å². The van der Waals surface area contributed by atoms with Crippen molar-refractivity contribution in [3.63, 3.8) is 0 Å². The van der Waals surface area contributed by atoms with E-state index in [9.17, 15) is 9.18 Å². The van der Waals surface area contributed by atoms with Gasteiger partial charge in [0, 0.05) is 30.1 Å². The molecule has 0 aliphatic carbocycles. The van der Waals surface area contributed by atoms with E-state index in [0.29, 0.717) is 16.9 Å². The number of carbonyl (C=O) groups excluding carboxylic acids is 1. The Balaban J connectivity index is 1.81. The first kappa shape index (κ1) is 19.7. The molecule has 0 radical (unpaired) electrons. The molecule has 0 amide bonds. The van der Waals surface area contributed by atoms with Crippen LogP contribution in [-0.4, -0.2) is 55.7 Å². The summed E-state index contributed by atoms with van der Waals surface area (Å²) in [6.07, 6.45) is 3.32. The Labute approximate surface area is 164 Å². The zero-order valence-electron chi connectivity index (χ0n) is 15.9. The number of nitrogens with one attached hydrogen (secondary N) is 1. The minimum Gasteiger partial charge on any atom is -0.465 e. The van der Waals surface area contributed by atoms with Crippen LogP contribution in [0.3, 0.4) is 0 Å². The molecule has 0 spiro atoms. The molecule has 2 unspecified atom stereocenters. The zero-order chi connectivity index (χ0) is 19.4. The highest BCUT2D eigenvalue weighted by Gasteiger charge is 2.28. The number of benzene rings is 2. The predicted molar refractivity (Wildman–Crippen MR) is 110 cm³/mol. The minimum atomic E-state index is -0.404. The summed E-state index contributed by atoms with van der Waals surface area (Å²) in [6.45, 7) is 1.95. The largest absolute Gasteiger partial charge is 0.465 e. The number of halogens is 1. The maximum absolute atomic E-state index is 13.3. The Morgan fingerprint density at radius 2 is 2.04 bits per heavy atom. The van der Waals surface area contributed by atoms with E-state index in [4.69, 9.17) is 4.74 Å². The summed E-state index contributed by atoms with van der Waals surface area (Å²) in [5.41, 5.74) is 2.91. The molecule has 1 aliphatic rings. The number of likely N-dealkylation sites (tertiary alicyclic amines) is 1. The van der Waals surface area contributed by atoms with Gasteiger partial charge in [-0.15, -0.1) is 0 Å². The lowest BCUT2D eigenvalue weighted by Gasteiger charge is -2.20. The van der Waals surface area contributed by atoms with Crippen molar-refractivity contribution in [1.82, 2.24) is 4.90 Å². The number of methoxy groups -OCH3 is 1. The van der Waals surface area contributed by atoms with Crippen molar-refractivity contribution < 1.29 is 13.9 Å². The van der Waals surface area contributed by atoms with Gasteiger partial charge in [-0.3, -0.25) is 0 Å².